The van der Waals surface area contributed by atoms with Crippen LogP contribution < -0.4 is 11.1 Å². The topological polar surface area (TPSA) is 55.1 Å². The van der Waals surface area contributed by atoms with Crippen molar-refractivity contribution in [2.75, 3.05) is 6.54 Å². The van der Waals surface area contributed by atoms with Gasteiger partial charge in [0.05, 0.1) is 5.92 Å². The fourth-order valence-electron chi connectivity index (χ4n) is 1.91. The molecule has 1 fully saturated rings. The monoisotopic (exact) mass is 170 g/mol. The Labute approximate surface area is 73.7 Å². The Morgan fingerprint density at radius 1 is 1.67 bits per heavy atom. The van der Waals surface area contributed by atoms with E-state index in [9.17, 15) is 4.79 Å². The molecule has 12 heavy (non-hydrogen) atoms. The molecular formula is C9H18N2O. The van der Waals surface area contributed by atoms with Crippen LogP contribution in [0.1, 0.15) is 32.6 Å². The molecule has 1 amide bonds. The predicted octanol–water partition coefficient (Wildman–Crippen LogP) is 0.640. The Hall–Kier alpha value is -0.570. The van der Waals surface area contributed by atoms with Gasteiger partial charge in [-0.2, -0.15) is 0 Å². The maximum Gasteiger partial charge on any atom is 0.222 e. The van der Waals surface area contributed by atoms with Gasteiger partial charge in [0.15, 0.2) is 0 Å². The van der Waals surface area contributed by atoms with Crippen LogP contribution in [0.15, 0.2) is 0 Å². The van der Waals surface area contributed by atoms with Crippen molar-refractivity contribution in [2.24, 2.45) is 11.7 Å². The zero-order valence-corrected chi connectivity index (χ0v) is 7.68. The summed E-state index contributed by atoms with van der Waals surface area (Å²) in [5.74, 6) is -0.123. The summed E-state index contributed by atoms with van der Waals surface area (Å²) in [6.45, 7) is 3.06. The van der Waals surface area contributed by atoms with E-state index in [1.165, 1.54) is 12.8 Å². The number of nitrogens with two attached hydrogens (primary N) is 1. The van der Waals surface area contributed by atoms with Gasteiger partial charge < -0.3 is 11.1 Å². The molecule has 3 N–H and O–H groups in total. The Morgan fingerprint density at radius 3 is 2.83 bits per heavy atom. The van der Waals surface area contributed by atoms with Crippen molar-refractivity contribution in [1.29, 1.82) is 0 Å². The second-order valence-electron chi connectivity index (χ2n) is 3.47. The lowest BCUT2D eigenvalue weighted by molar-refractivity contribution is -0.123. The quantitative estimate of drug-likeness (QED) is 0.653. The van der Waals surface area contributed by atoms with E-state index in [4.69, 9.17) is 5.73 Å². The minimum atomic E-state index is -0.156. The van der Waals surface area contributed by atoms with Gasteiger partial charge >= 0.3 is 0 Å². The molecule has 0 bridgehead atoms. The summed E-state index contributed by atoms with van der Waals surface area (Å²) in [6.07, 6.45) is 4.40. The Morgan fingerprint density at radius 2 is 2.42 bits per heavy atom. The lowest BCUT2D eigenvalue weighted by Gasteiger charge is -2.28. The molecule has 3 nitrogen and oxygen atoms in total. The number of carbonyl (C=O) groups excluding carboxylic acids is 1. The first-order valence-corrected chi connectivity index (χ1v) is 4.78. The number of hydrogen-bond acceptors (Lipinski definition) is 2. The van der Waals surface area contributed by atoms with E-state index in [-0.39, 0.29) is 11.8 Å². The highest BCUT2D eigenvalue weighted by atomic mass is 16.1. The van der Waals surface area contributed by atoms with Crippen molar-refractivity contribution in [1.82, 2.24) is 5.32 Å². The molecule has 0 saturated carbocycles. The third-order valence-corrected chi connectivity index (χ3v) is 2.64. The standard InChI is InChI=1S/C9H18N2O/c1-2-7(9(10)12)8-5-3-4-6-11-8/h7-8,11H,2-6H2,1H3,(H2,10,12). The highest BCUT2D eigenvalue weighted by molar-refractivity contribution is 5.77. The van der Waals surface area contributed by atoms with Gasteiger partial charge in [-0.3, -0.25) is 4.79 Å². The third-order valence-electron chi connectivity index (χ3n) is 2.64. The predicted molar refractivity (Wildman–Crippen MR) is 48.6 cm³/mol. The van der Waals surface area contributed by atoms with Gasteiger partial charge in [0.25, 0.3) is 0 Å². The van der Waals surface area contributed by atoms with E-state index in [2.05, 4.69) is 5.32 Å². The molecule has 0 aromatic rings. The third kappa shape index (κ3) is 2.21. The van der Waals surface area contributed by atoms with Crippen LogP contribution in [0.5, 0.6) is 0 Å². The van der Waals surface area contributed by atoms with Crippen LogP contribution in [0, 0.1) is 5.92 Å². The number of primary amides is 1. The molecule has 0 aliphatic carbocycles. The van der Waals surface area contributed by atoms with Gasteiger partial charge in [0.2, 0.25) is 5.91 Å². The van der Waals surface area contributed by atoms with Crippen molar-refractivity contribution in [2.45, 2.75) is 38.6 Å². The molecule has 0 radical (unpaired) electrons. The molecule has 2 unspecified atom stereocenters. The molecular weight excluding hydrogens is 152 g/mol. The summed E-state index contributed by atoms with van der Waals surface area (Å²) in [5, 5.41) is 3.35. The van der Waals surface area contributed by atoms with Crippen molar-refractivity contribution in [3.63, 3.8) is 0 Å². The second kappa shape index (κ2) is 4.45. The second-order valence-corrected chi connectivity index (χ2v) is 3.47. The number of nitrogens with one attached hydrogen (secondary N) is 1. The molecule has 1 aliphatic heterocycles. The van der Waals surface area contributed by atoms with Crippen LogP contribution in [0.4, 0.5) is 0 Å². The van der Waals surface area contributed by atoms with E-state index in [1.54, 1.807) is 0 Å². The summed E-state index contributed by atoms with van der Waals surface area (Å²) in [7, 11) is 0. The molecule has 70 valence electrons. The molecule has 1 heterocycles. The zero-order chi connectivity index (χ0) is 8.97. The van der Waals surface area contributed by atoms with Crippen LogP contribution in [0.3, 0.4) is 0 Å². The zero-order valence-electron chi connectivity index (χ0n) is 7.68. The first kappa shape index (κ1) is 9.52. The van der Waals surface area contributed by atoms with Crippen molar-refractivity contribution < 1.29 is 4.79 Å². The smallest absolute Gasteiger partial charge is 0.222 e. The Bertz CT molecular complexity index is 153. The number of piperidine rings is 1. The minimum Gasteiger partial charge on any atom is -0.369 e. The van der Waals surface area contributed by atoms with E-state index in [0.717, 1.165) is 19.4 Å². The van der Waals surface area contributed by atoms with Crippen molar-refractivity contribution >= 4 is 5.91 Å². The average Bonchev–Trinajstić information content (AvgIpc) is 2.07. The summed E-state index contributed by atoms with van der Waals surface area (Å²) >= 11 is 0. The average molecular weight is 170 g/mol. The van der Waals surface area contributed by atoms with Gasteiger partial charge in [0.1, 0.15) is 0 Å². The molecule has 0 aromatic heterocycles. The SMILES string of the molecule is CCC(C(N)=O)C1CCCCN1. The number of carbonyl (C=O) groups is 1. The lowest BCUT2D eigenvalue weighted by atomic mass is 9.90. The van der Waals surface area contributed by atoms with Gasteiger partial charge in [-0.25, -0.2) is 0 Å². The van der Waals surface area contributed by atoms with Gasteiger partial charge in [0, 0.05) is 6.04 Å². The molecule has 0 aromatic carbocycles. The van der Waals surface area contributed by atoms with E-state index in [0.29, 0.717) is 6.04 Å². The van der Waals surface area contributed by atoms with Crippen molar-refractivity contribution in [3.05, 3.63) is 0 Å². The molecule has 1 rings (SSSR count). The fraction of sp³-hybridized carbons (Fsp3) is 0.889. The van der Waals surface area contributed by atoms with E-state index in [1.807, 2.05) is 6.92 Å². The highest BCUT2D eigenvalue weighted by Gasteiger charge is 2.25. The number of rotatable bonds is 3. The first-order valence-electron chi connectivity index (χ1n) is 4.78. The Kier molecular flexibility index (Phi) is 3.53. The van der Waals surface area contributed by atoms with Gasteiger partial charge in [-0.05, 0) is 25.8 Å². The summed E-state index contributed by atoms with van der Waals surface area (Å²) < 4.78 is 0. The van der Waals surface area contributed by atoms with Gasteiger partial charge in [-0.15, -0.1) is 0 Å². The molecule has 1 aliphatic rings. The molecule has 3 heteroatoms. The molecule has 0 spiro atoms. The lowest BCUT2D eigenvalue weighted by Crippen LogP contribution is -2.45. The maximum absolute atomic E-state index is 11.0. The largest absolute Gasteiger partial charge is 0.369 e. The number of amides is 1. The summed E-state index contributed by atoms with van der Waals surface area (Å²) in [5.41, 5.74) is 5.30. The minimum absolute atomic E-state index is 0.0327. The summed E-state index contributed by atoms with van der Waals surface area (Å²) in [4.78, 5) is 11.0. The Balaban J connectivity index is 2.46. The number of hydrogen-bond donors (Lipinski definition) is 2. The summed E-state index contributed by atoms with van der Waals surface area (Å²) in [6, 6.07) is 0.334. The van der Waals surface area contributed by atoms with Crippen LogP contribution in [-0.2, 0) is 4.79 Å². The molecule has 1 saturated heterocycles. The highest BCUT2D eigenvalue weighted by Crippen LogP contribution is 2.17. The fourth-order valence-corrected chi connectivity index (χ4v) is 1.91. The van der Waals surface area contributed by atoms with Crippen LogP contribution in [0.2, 0.25) is 0 Å². The van der Waals surface area contributed by atoms with Crippen LogP contribution >= 0.6 is 0 Å². The van der Waals surface area contributed by atoms with E-state index >= 15 is 0 Å². The first-order chi connectivity index (χ1) is 5.75. The molecule has 2 atom stereocenters. The normalized spacial score (nSPS) is 26.6. The van der Waals surface area contributed by atoms with E-state index < -0.39 is 0 Å². The van der Waals surface area contributed by atoms with Gasteiger partial charge in [-0.1, -0.05) is 13.3 Å². The van der Waals surface area contributed by atoms with Crippen LogP contribution in [-0.4, -0.2) is 18.5 Å². The van der Waals surface area contributed by atoms with Crippen LogP contribution in [0.25, 0.3) is 0 Å². The van der Waals surface area contributed by atoms with Crippen molar-refractivity contribution in [3.8, 4) is 0 Å². The maximum atomic E-state index is 11.0.